The number of hydrogen-bond acceptors (Lipinski definition) is 3. The predicted octanol–water partition coefficient (Wildman–Crippen LogP) is 13.2. The number of aromatic nitrogens is 3. The van der Waals surface area contributed by atoms with Crippen LogP contribution in [-0.4, -0.2) is 15.0 Å². The van der Waals surface area contributed by atoms with Crippen molar-refractivity contribution >= 4 is 21.8 Å². The molecule has 2 heterocycles. The highest BCUT2D eigenvalue weighted by molar-refractivity contribution is 6.06. The molecule has 2 aromatic heterocycles. The Hall–Kier alpha value is -7.49. The van der Waals surface area contributed by atoms with Crippen LogP contribution in [-0.2, 0) is 5.41 Å². The average molecular weight is 724 g/mol. The van der Waals surface area contributed by atoms with Gasteiger partial charge in [-0.05, 0) is 62.2 Å². The minimum atomic E-state index is -0.449. The summed E-state index contributed by atoms with van der Waals surface area (Å²) in [6, 6.07) is 71.8. The second kappa shape index (κ2) is 12.3. The summed E-state index contributed by atoms with van der Waals surface area (Å²) >= 11 is 0. The van der Waals surface area contributed by atoms with Gasteiger partial charge in [0.25, 0.3) is 0 Å². The van der Waals surface area contributed by atoms with Crippen LogP contribution in [0.25, 0.3) is 89.1 Å². The lowest BCUT2D eigenvalue weighted by Gasteiger charge is -2.31. The molecule has 3 heteroatoms. The summed E-state index contributed by atoms with van der Waals surface area (Å²) in [6.07, 6.45) is 0. The van der Waals surface area contributed by atoms with Gasteiger partial charge in [0.15, 0.2) is 5.82 Å². The lowest BCUT2D eigenvalue weighted by Crippen LogP contribution is -2.26. The number of hydrogen-bond donors (Lipinski definition) is 0. The smallest absolute Gasteiger partial charge is 0.160 e. The van der Waals surface area contributed by atoms with Crippen LogP contribution in [0.15, 0.2) is 200 Å². The van der Waals surface area contributed by atoms with Crippen molar-refractivity contribution < 1.29 is 0 Å². The zero-order chi connectivity index (χ0) is 37.5. The van der Waals surface area contributed by atoms with Gasteiger partial charge in [-0.3, -0.25) is 0 Å². The zero-order valence-electron chi connectivity index (χ0n) is 30.9. The Labute approximate surface area is 330 Å². The summed E-state index contributed by atoms with van der Waals surface area (Å²) in [5.74, 6) is 0.729. The molecule has 0 amide bonds. The molecule has 12 rings (SSSR count). The minimum absolute atomic E-state index is 0.449. The van der Waals surface area contributed by atoms with Crippen LogP contribution in [0.1, 0.15) is 22.3 Å². The second-order valence-electron chi connectivity index (χ2n) is 15.0. The van der Waals surface area contributed by atoms with Crippen molar-refractivity contribution in [2.24, 2.45) is 0 Å². The molecule has 2 aliphatic rings. The van der Waals surface area contributed by atoms with E-state index in [1.807, 2.05) is 24.3 Å². The van der Waals surface area contributed by atoms with Crippen molar-refractivity contribution in [2.75, 3.05) is 0 Å². The highest BCUT2D eigenvalue weighted by Crippen LogP contribution is 2.65. The Bertz CT molecular complexity index is 3170. The first-order chi connectivity index (χ1) is 28.3. The van der Waals surface area contributed by atoms with Gasteiger partial charge in [0.2, 0.25) is 0 Å². The first-order valence-electron chi connectivity index (χ1n) is 19.5. The van der Waals surface area contributed by atoms with Gasteiger partial charge in [0.1, 0.15) is 0 Å². The van der Waals surface area contributed by atoms with Gasteiger partial charge < -0.3 is 0 Å². The third kappa shape index (κ3) is 4.57. The van der Waals surface area contributed by atoms with Gasteiger partial charge in [-0.25, -0.2) is 15.0 Å². The summed E-state index contributed by atoms with van der Waals surface area (Å²) in [5, 5.41) is 2.24. The van der Waals surface area contributed by atoms with Gasteiger partial charge in [-0.15, -0.1) is 0 Å². The predicted molar refractivity (Wildman–Crippen MR) is 233 cm³/mol. The van der Waals surface area contributed by atoms with Crippen LogP contribution in [0.2, 0.25) is 0 Å². The Morgan fingerprint density at radius 3 is 1.39 bits per heavy atom. The number of benzene rings is 8. The fourth-order valence-electron chi connectivity index (χ4n) is 9.68. The molecule has 2 aliphatic carbocycles. The van der Waals surface area contributed by atoms with Crippen LogP contribution < -0.4 is 0 Å². The standard InChI is InChI=1S/C54H33N3/c1-2-14-38(15-3-1)53-56-48-25-13-8-20-43(48)51(57-53)36-30-26-34(27-31-36)35-28-32-37(33-29-35)52-49-41-18-6-11-23-46(41)54(50(49)42-19-7-12-24-47(42)55-52)44-21-9-4-16-39(44)40-17-5-10-22-45(40)54/h1-33H. The first kappa shape index (κ1) is 31.8. The third-order valence-electron chi connectivity index (χ3n) is 12.1. The fraction of sp³-hybridized carbons (Fsp3) is 0.0185. The molecule has 10 aromatic rings. The van der Waals surface area contributed by atoms with E-state index in [9.17, 15) is 0 Å². The van der Waals surface area contributed by atoms with E-state index in [0.717, 1.165) is 61.4 Å². The molecule has 0 atom stereocenters. The van der Waals surface area contributed by atoms with Crippen molar-refractivity contribution in [3.8, 4) is 67.3 Å². The normalized spacial score (nSPS) is 13.1. The molecule has 0 saturated carbocycles. The van der Waals surface area contributed by atoms with E-state index in [1.54, 1.807) is 0 Å². The summed E-state index contributed by atoms with van der Waals surface area (Å²) in [5.41, 5.74) is 19.3. The van der Waals surface area contributed by atoms with Gasteiger partial charge >= 0.3 is 0 Å². The Kier molecular flexibility index (Phi) is 6.84. The van der Waals surface area contributed by atoms with Crippen molar-refractivity contribution in [1.29, 1.82) is 0 Å². The van der Waals surface area contributed by atoms with Crippen molar-refractivity contribution in [3.05, 3.63) is 222 Å². The molecule has 0 N–H and O–H groups in total. The number of rotatable bonds is 4. The van der Waals surface area contributed by atoms with Gasteiger partial charge in [-0.2, -0.15) is 0 Å². The van der Waals surface area contributed by atoms with E-state index in [1.165, 1.54) is 49.9 Å². The maximum Gasteiger partial charge on any atom is 0.160 e. The molecule has 0 saturated heterocycles. The molecular weight excluding hydrogens is 691 g/mol. The van der Waals surface area contributed by atoms with Crippen LogP contribution in [0.3, 0.4) is 0 Å². The Morgan fingerprint density at radius 1 is 0.298 bits per heavy atom. The minimum Gasteiger partial charge on any atom is -0.247 e. The van der Waals surface area contributed by atoms with Crippen molar-refractivity contribution in [1.82, 2.24) is 15.0 Å². The zero-order valence-corrected chi connectivity index (χ0v) is 30.9. The Morgan fingerprint density at radius 2 is 0.754 bits per heavy atom. The largest absolute Gasteiger partial charge is 0.247 e. The van der Waals surface area contributed by atoms with Crippen LogP contribution in [0.5, 0.6) is 0 Å². The molecule has 0 unspecified atom stereocenters. The van der Waals surface area contributed by atoms with E-state index in [-0.39, 0.29) is 0 Å². The fourth-order valence-corrected chi connectivity index (χ4v) is 9.68. The Balaban J connectivity index is 0.991. The van der Waals surface area contributed by atoms with Crippen LogP contribution >= 0.6 is 0 Å². The monoisotopic (exact) mass is 723 g/mol. The number of fused-ring (bicyclic) bond motifs is 13. The van der Waals surface area contributed by atoms with E-state index in [4.69, 9.17) is 15.0 Å². The van der Waals surface area contributed by atoms with Crippen molar-refractivity contribution in [2.45, 2.75) is 5.41 Å². The topological polar surface area (TPSA) is 38.7 Å². The highest BCUT2D eigenvalue weighted by atomic mass is 14.9. The molecule has 57 heavy (non-hydrogen) atoms. The molecule has 0 radical (unpaired) electrons. The summed E-state index contributed by atoms with van der Waals surface area (Å²) in [7, 11) is 0. The average Bonchev–Trinajstić information content (AvgIpc) is 3.77. The molecule has 3 nitrogen and oxygen atoms in total. The maximum absolute atomic E-state index is 5.47. The van der Waals surface area contributed by atoms with E-state index in [2.05, 4.69) is 176 Å². The molecule has 1 spiro atoms. The van der Waals surface area contributed by atoms with Crippen molar-refractivity contribution in [3.63, 3.8) is 0 Å². The van der Waals surface area contributed by atoms with Gasteiger partial charge in [0.05, 0.1) is 27.8 Å². The van der Waals surface area contributed by atoms with E-state index in [0.29, 0.717) is 0 Å². The summed E-state index contributed by atoms with van der Waals surface area (Å²) in [4.78, 5) is 15.5. The molecule has 0 bridgehead atoms. The summed E-state index contributed by atoms with van der Waals surface area (Å²) < 4.78 is 0. The number of nitrogens with zero attached hydrogens (tertiary/aromatic N) is 3. The van der Waals surface area contributed by atoms with Crippen LogP contribution in [0.4, 0.5) is 0 Å². The molecule has 0 fully saturated rings. The van der Waals surface area contributed by atoms with E-state index < -0.39 is 5.41 Å². The number of para-hydroxylation sites is 2. The SMILES string of the molecule is c1ccc(-c2nc(-c3ccc(-c4ccc(-c5nc6ccccc6c6c5-c5ccccc5C65c6ccccc6-c6ccccc65)cc4)cc3)c3ccccc3n2)cc1. The first-order valence-corrected chi connectivity index (χ1v) is 19.5. The highest BCUT2D eigenvalue weighted by Gasteiger charge is 2.53. The molecular formula is C54H33N3. The lowest BCUT2D eigenvalue weighted by atomic mass is 9.69. The van der Waals surface area contributed by atoms with Crippen LogP contribution in [0, 0.1) is 0 Å². The quantitative estimate of drug-likeness (QED) is 0.181. The molecule has 0 aliphatic heterocycles. The third-order valence-corrected chi connectivity index (χ3v) is 12.1. The lowest BCUT2D eigenvalue weighted by molar-refractivity contribution is 0.801. The maximum atomic E-state index is 5.47. The van der Waals surface area contributed by atoms with Gasteiger partial charge in [0, 0.05) is 33.0 Å². The molecule has 8 aromatic carbocycles. The van der Waals surface area contributed by atoms with E-state index >= 15 is 0 Å². The molecule has 264 valence electrons. The summed E-state index contributed by atoms with van der Waals surface area (Å²) in [6.45, 7) is 0. The van der Waals surface area contributed by atoms with Gasteiger partial charge in [-0.1, -0.05) is 188 Å². The second-order valence-corrected chi connectivity index (χ2v) is 15.0. The number of pyridine rings is 1.